The van der Waals surface area contributed by atoms with Gasteiger partial charge in [0.05, 0.1) is 23.9 Å². The summed E-state index contributed by atoms with van der Waals surface area (Å²) in [6, 6.07) is 2.08. The fraction of sp³-hybridized carbons (Fsp3) is 0.474. The van der Waals surface area contributed by atoms with E-state index in [1.165, 1.54) is 16.6 Å². The zero-order valence-corrected chi connectivity index (χ0v) is 15.9. The number of hydrogen-bond donors (Lipinski definition) is 0. The quantitative estimate of drug-likeness (QED) is 0.639. The number of pyridine rings is 1. The molecule has 0 saturated carbocycles. The number of aryl methyl sites for hydroxylation is 2. The first kappa shape index (κ1) is 17.0. The zero-order chi connectivity index (χ0) is 17.3. The van der Waals surface area contributed by atoms with Crippen LogP contribution in [0.1, 0.15) is 42.2 Å². The summed E-state index contributed by atoms with van der Waals surface area (Å²) in [6.07, 6.45) is 2.87. The van der Waals surface area contributed by atoms with Crippen LogP contribution in [0.5, 0.6) is 5.88 Å². The molecule has 3 aromatic rings. The molecule has 0 aliphatic heterocycles. The molecular formula is C19H25N3OS. The zero-order valence-electron chi connectivity index (χ0n) is 15.1. The van der Waals surface area contributed by atoms with Gasteiger partial charge in [0.2, 0.25) is 5.88 Å². The van der Waals surface area contributed by atoms with Gasteiger partial charge in [0.25, 0.3) is 0 Å². The third-order valence-corrected chi connectivity index (χ3v) is 5.26. The normalized spacial score (nSPS) is 11.6. The van der Waals surface area contributed by atoms with E-state index >= 15 is 0 Å². The minimum Gasteiger partial charge on any atom is -0.476 e. The predicted molar refractivity (Wildman–Crippen MR) is 100 cm³/mol. The van der Waals surface area contributed by atoms with Crippen molar-refractivity contribution in [1.29, 1.82) is 0 Å². The van der Waals surface area contributed by atoms with Gasteiger partial charge in [-0.3, -0.25) is 0 Å². The van der Waals surface area contributed by atoms with Crippen molar-refractivity contribution in [1.82, 2.24) is 14.5 Å². The van der Waals surface area contributed by atoms with Crippen LogP contribution in [0, 0.1) is 26.7 Å². The van der Waals surface area contributed by atoms with Crippen molar-refractivity contribution in [2.24, 2.45) is 5.92 Å². The van der Waals surface area contributed by atoms with Crippen molar-refractivity contribution in [2.75, 3.05) is 6.61 Å². The molecule has 0 unspecified atom stereocenters. The predicted octanol–water partition coefficient (Wildman–Crippen LogP) is 4.89. The minimum atomic E-state index is 0.623. The van der Waals surface area contributed by atoms with Crippen molar-refractivity contribution in [3.8, 4) is 5.88 Å². The molecule has 0 atom stereocenters. The van der Waals surface area contributed by atoms with Gasteiger partial charge in [0, 0.05) is 22.7 Å². The molecule has 0 amide bonds. The number of rotatable bonds is 6. The molecule has 0 spiro atoms. The Morgan fingerprint density at radius 1 is 1.25 bits per heavy atom. The number of aromatic nitrogens is 3. The van der Waals surface area contributed by atoms with Crippen molar-refractivity contribution >= 4 is 22.2 Å². The lowest BCUT2D eigenvalue weighted by Crippen LogP contribution is -2.07. The molecule has 3 aromatic heterocycles. The molecule has 0 N–H and O–H groups in total. The molecule has 24 heavy (non-hydrogen) atoms. The van der Waals surface area contributed by atoms with Crippen molar-refractivity contribution < 1.29 is 4.74 Å². The summed E-state index contributed by atoms with van der Waals surface area (Å²) in [7, 11) is 0. The Balaban J connectivity index is 2.01. The summed E-state index contributed by atoms with van der Waals surface area (Å²) in [5.74, 6) is 1.36. The fourth-order valence-electron chi connectivity index (χ4n) is 2.90. The van der Waals surface area contributed by atoms with Crippen LogP contribution in [0.2, 0.25) is 0 Å². The van der Waals surface area contributed by atoms with E-state index in [9.17, 15) is 0 Å². The molecule has 5 heteroatoms. The lowest BCUT2D eigenvalue weighted by Gasteiger charge is -2.11. The maximum Gasteiger partial charge on any atom is 0.238 e. The summed E-state index contributed by atoms with van der Waals surface area (Å²) in [4.78, 5) is 9.12. The fourth-order valence-corrected chi connectivity index (χ4v) is 3.50. The lowest BCUT2D eigenvalue weighted by atomic mass is 10.1. The van der Waals surface area contributed by atoms with Crippen molar-refractivity contribution in [3.05, 3.63) is 39.6 Å². The highest BCUT2D eigenvalue weighted by molar-refractivity contribution is 7.09. The smallest absolute Gasteiger partial charge is 0.238 e. The summed E-state index contributed by atoms with van der Waals surface area (Å²) in [6.45, 7) is 12.2. The number of ether oxygens (including phenoxy) is 1. The second kappa shape index (κ2) is 6.93. The molecule has 0 saturated heterocycles. The van der Waals surface area contributed by atoms with Crippen LogP contribution in [0.15, 0.2) is 17.6 Å². The Kier molecular flexibility index (Phi) is 4.90. The van der Waals surface area contributed by atoms with Gasteiger partial charge in [-0.05, 0) is 44.7 Å². The third kappa shape index (κ3) is 3.31. The molecule has 128 valence electrons. The number of hydrogen-bond acceptors (Lipinski definition) is 4. The first-order valence-corrected chi connectivity index (χ1v) is 9.33. The van der Waals surface area contributed by atoms with E-state index in [1.54, 1.807) is 11.3 Å². The summed E-state index contributed by atoms with van der Waals surface area (Å²) in [5.41, 5.74) is 4.71. The van der Waals surface area contributed by atoms with E-state index in [0.29, 0.717) is 12.5 Å². The molecule has 0 aromatic carbocycles. The van der Waals surface area contributed by atoms with E-state index in [4.69, 9.17) is 4.74 Å². The minimum absolute atomic E-state index is 0.623. The maximum absolute atomic E-state index is 6.03. The van der Waals surface area contributed by atoms with Gasteiger partial charge in [-0.25, -0.2) is 9.97 Å². The van der Waals surface area contributed by atoms with E-state index < -0.39 is 0 Å². The van der Waals surface area contributed by atoms with Crippen LogP contribution in [-0.2, 0) is 6.54 Å². The highest BCUT2D eigenvalue weighted by Gasteiger charge is 2.17. The molecule has 4 nitrogen and oxygen atoms in total. The van der Waals surface area contributed by atoms with Crippen LogP contribution in [0.25, 0.3) is 10.9 Å². The average molecular weight is 343 g/mol. The Hall–Kier alpha value is -1.88. The molecule has 0 aliphatic carbocycles. The van der Waals surface area contributed by atoms with Crippen LogP contribution >= 0.6 is 11.3 Å². The van der Waals surface area contributed by atoms with Gasteiger partial charge < -0.3 is 9.30 Å². The van der Waals surface area contributed by atoms with Gasteiger partial charge in [-0.2, -0.15) is 0 Å². The van der Waals surface area contributed by atoms with Crippen LogP contribution < -0.4 is 4.74 Å². The standard InChI is InChI=1S/C19H25N3OS/c1-12(2)7-9-23-19-18-17(6-8-20-19)13(3)14(4)22(18)10-16-11-24-15(5)21-16/h6,8,11-12H,7,9-10H2,1-5H3. The number of nitrogens with zero attached hydrogens (tertiary/aromatic N) is 3. The topological polar surface area (TPSA) is 39.9 Å². The van der Waals surface area contributed by atoms with Crippen molar-refractivity contribution in [3.63, 3.8) is 0 Å². The third-order valence-electron chi connectivity index (χ3n) is 4.43. The summed E-state index contributed by atoms with van der Waals surface area (Å²) in [5, 5.41) is 4.45. The van der Waals surface area contributed by atoms with E-state index in [-0.39, 0.29) is 0 Å². The molecule has 3 heterocycles. The second-order valence-corrected chi connectivity index (χ2v) is 7.76. The average Bonchev–Trinajstić information content (AvgIpc) is 3.05. The van der Waals surface area contributed by atoms with E-state index in [2.05, 4.69) is 53.7 Å². The Morgan fingerprint density at radius 3 is 2.71 bits per heavy atom. The number of fused-ring (bicyclic) bond motifs is 1. The molecular weight excluding hydrogens is 318 g/mol. The van der Waals surface area contributed by atoms with Gasteiger partial charge in [-0.1, -0.05) is 13.8 Å². The molecule has 3 rings (SSSR count). The summed E-state index contributed by atoms with van der Waals surface area (Å²) < 4.78 is 8.32. The number of thiazole rings is 1. The molecule has 0 fully saturated rings. The molecule has 0 aliphatic rings. The molecule has 0 bridgehead atoms. The van der Waals surface area contributed by atoms with E-state index in [1.807, 2.05) is 13.1 Å². The van der Waals surface area contributed by atoms with Crippen LogP contribution in [0.4, 0.5) is 0 Å². The monoisotopic (exact) mass is 343 g/mol. The van der Waals surface area contributed by atoms with E-state index in [0.717, 1.165) is 35.1 Å². The van der Waals surface area contributed by atoms with Crippen LogP contribution in [-0.4, -0.2) is 21.1 Å². The first-order chi connectivity index (χ1) is 11.5. The first-order valence-electron chi connectivity index (χ1n) is 8.45. The lowest BCUT2D eigenvalue weighted by molar-refractivity contribution is 0.281. The Bertz CT molecular complexity index is 848. The van der Waals surface area contributed by atoms with Crippen molar-refractivity contribution in [2.45, 2.75) is 47.6 Å². The van der Waals surface area contributed by atoms with Gasteiger partial charge in [-0.15, -0.1) is 11.3 Å². The largest absolute Gasteiger partial charge is 0.476 e. The van der Waals surface area contributed by atoms with Gasteiger partial charge in [0.1, 0.15) is 5.52 Å². The van der Waals surface area contributed by atoms with Gasteiger partial charge in [0.15, 0.2) is 0 Å². The Labute approximate surface area is 147 Å². The van der Waals surface area contributed by atoms with Gasteiger partial charge >= 0.3 is 0 Å². The highest BCUT2D eigenvalue weighted by Crippen LogP contribution is 2.31. The second-order valence-electron chi connectivity index (χ2n) is 6.70. The SMILES string of the molecule is Cc1nc(Cn2c(C)c(C)c3ccnc(OCCC(C)C)c32)cs1. The summed E-state index contributed by atoms with van der Waals surface area (Å²) >= 11 is 1.69. The maximum atomic E-state index is 6.03. The Morgan fingerprint density at radius 2 is 2.04 bits per heavy atom. The highest BCUT2D eigenvalue weighted by atomic mass is 32.1. The molecule has 0 radical (unpaired) electrons. The van der Waals surface area contributed by atoms with Crippen LogP contribution in [0.3, 0.4) is 0 Å².